The summed E-state index contributed by atoms with van der Waals surface area (Å²) in [5, 5.41) is 5.02. The third-order valence-corrected chi connectivity index (χ3v) is 5.24. The molecule has 28 heavy (non-hydrogen) atoms. The molecular formula is C23H26N3O2+. The number of hydrogen-bond donors (Lipinski definition) is 2. The van der Waals surface area contributed by atoms with Crippen LogP contribution in [0.5, 0.6) is 5.75 Å². The monoisotopic (exact) mass is 376 g/mol. The molecule has 5 heteroatoms. The molecule has 4 rings (SSSR count). The van der Waals surface area contributed by atoms with Gasteiger partial charge >= 0.3 is 0 Å². The summed E-state index contributed by atoms with van der Waals surface area (Å²) in [5.41, 5.74) is 1.99. The zero-order valence-corrected chi connectivity index (χ0v) is 16.2. The Morgan fingerprint density at radius 1 is 1.00 bits per heavy atom. The van der Waals surface area contributed by atoms with Crippen molar-refractivity contribution >= 4 is 28.1 Å². The van der Waals surface area contributed by atoms with Crippen LogP contribution >= 0.6 is 0 Å². The fraction of sp³-hybridized carbons (Fsp3) is 0.261. The van der Waals surface area contributed by atoms with E-state index in [1.807, 2.05) is 54.6 Å². The van der Waals surface area contributed by atoms with Crippen molar-refractivity contribution in [2.24, 2.45) is 0 Å². The third kappa shape index (κ3) is 4.26. The van der Waals surface area contributed by atoms with Gasteiger partial charge in [0.2, 0.25) is 0 Å². The fourth-order valence-corrected chi connectivity index (χ4v) is 3.56. The van der Waals surface area contributed by atoms with E-state index in [1.54, 1.807) is 4.90 Å². The Bertz CT molecular complexity index is 942. The van der Waals surface area contributed by atoms with Crippen LogP contribution in [0.2, 0.25) is 0 Å². The van der Waals surface area contributed by atoms with E-state index >= 15 is 0 Å². The number of benzene rings is 3. The number of quaternary nitrogens is 1. The largest absolute Gasteiger partial charge is 0.483 e. The molecule has 1 heterocycles. The Hall–Kier alpha value is -3.05. The molecule has 0 radical (unpaired) electrons. The standard InChI is InChI=1S/C23H25N3O2/c1-25-13-15-26(16-14-25)20-11-9-19(10-12-20)24-23(27)17-28-22-8-4-6-18-5-2-3-7-21(18)22/h2-12H,13-17H2,1H3,(H,24,27)/p+1. The van der Waals surface area contributed by atoms with Crippen LogP contribution in [-0.4, -0.2) is 45.7 Å². The molecule has 1 amide bonds. The predicted molar refractivity (Wildman–Crippen MR) is 113 cm³/mol. The lowest BCUT2D eigenvalue weighted by atomic mass is 10.1. The SMILES string of the molecule is C[NH+]1CCN(c2ccc(NC(=O)COc3cccc4ccccc34)cc2)CC1. The van der Waals surface area contributed by atoms with Gasteiger partial charge in [-0.1, -0.05) is 36.4 Å². The molecule has 5 nitrogen and oxygen atoms in total. The summed E-state index contributed by atoms with van der Waals surface area (Å²) >= 11 is 0. The van der Waals surface area contributed by atoms with Crippen molar-refractivity contribution in [1.82, 2.24) is 0 Å². The lowest BCUT2D eigenvalue weighted by Gasteiger charge is -2.31. The van der Waals surface area contributed by atoms with Gasteiger partial charge in [0.15, 0.2) is 6.61 Å². The number of hydrogen-bond acceptors (Lipinski definition) is 3. The average Bonchev–Trinajstić information content (AvgIpc) is 2.73. The first kappa shape index (κ1) is 18.3. The summed E-state index contributed by atoms with van der Waals surface area (Å²) < 4.78 is 5.76. The summed E-state index contributed by atoms with van der Waals surface area (Å²) in [6, 6.07) is 21.9. The maximum absolute atomic E-state index is 12.3. The van der Waals surface area contributed by atoms with Crippen molar-refractivity contribution < 1.29 is 14.4 Å². The molecular weight excluding hydrogens is 350 g/mol. The second kappa shape index (κ2) is 8.31. The van der Waals surface area contributed by atoms with E-state index in [9.17, 15) is 4.79 Å². The molecule has 1 saturated heterocycles. The summed E-state index contributed by atoms with van der Waals surface area (Å²) in [4.78, 5) is 16.3. The lowest BCUT2D eigenvalue weighted by molar-refractivity contribution is -0.880. The van der Waals surface area contributed by atoms with E-state index in [1.165, 1.54) is 5.69 Å². The van der Waals surface area contributed by atoms with Crippen molar-refractivity contribution in [3.8, 4) is 5.75 Å². The number of fused-ring (bicyclic) bond motifs is 1. The molecule has 1 aliphatic rings. The van der Waals surface area contributed by atoms with Crippen LogP contribution < -0.4 is 19.9 Å². The number of likely N-dealkylation sites (N-methyl/N-ethyl adjacent to an activating group) is 1. The Labute approximate surface area is 165 Å². The van der Waals surface area contributed by atoms with E-state index in [2.05, 4.69) is 29.4 Å². The molecule has 0 aromatic heterocycles. The highest BCUT2D eigenvalue weighted by atomic mass is 16.5. The number of piperazine rings is 1. The van der Waals surface area contributed by atoms with Crippen molar-refractivity contribution in [2.75, 3.05) is 50.1 Å². The zero-order valence-electron chi connectivity index (χ0n) is 16.2. The van der Waals surface area contributed by atoms with Crippen molar-refractivity contribution in [3.63, 3.8) is 0 Å². The number of ether oxygens (including phenoxy) is 1. The Morgan fingerprint density at radius 2 is 1.71 bits per heavy atom. The van der Waals surface area contributed by atoms with Gasteiger partial charge in [0.1, 0.15) is 5.75 Å². The molecule has 0 bridgehead atoms. The molecule has 0 unspecified atom stereocenters. The quantitative estimate of drug-likeness (QED) is 0.718. The van der Waals surface area contributed by atoms with Gasteiger partial charge in [-0.05, 0) is 35.7 Å². The van der Waals surface area contributed by atoms with Gasteiger partial charge in [0.05, 0.1) is 33.2 Å². The number of nitrogens with zero attached hydrogens (tertiary/aromatic N) is 1. The topological polar surface area (TPSA) is 46.0 Å². The van der Waals surface area contributed by atoms with Crippen molar-refractivity contribution in [3.05, 3.63) is 66.7 Å². The van der Waals surface area contributed by atoms with Crippen LogP contribution in [0, 0.1) is 0 Å². The molecule has 1 aliphatic heterocycles. The van der Waals surface area contributed by atoms with Crippen LogP contribution in [-0.2, 0) is 4.79 Å². The van der Waals surface area contributed by atoms with Gasteiger partial charge < -0.3 is 19.9 Å². The van der Waals surface area contributed by atoms with E-state index < -0.39 is 0 Å². The minimum atomic E-state index is -0.163. The number of carbonyl (C=O) groups is 1. The Kier molecular flexibility index (Phi) is 5.44. The van der Waals surface area contributed by atoms with E-state index in [-0.39, 0.29) is 12.5 Å². The van der Waals surface area contributed by atoms with Crippen LogP contribution in [0.3, 0.4) is 0 Å². The van der Waals surface area contributed by atoms with Gasteiger partial charge in [0.25, 0.3) is 5.91 Å². The number of carbonyl (C=O) groups excluding carboxylic acids is 1. The third-order valence-electron chi connectivity index (χ3n) is 5.24. The van der Waals surface area contributed by atoms with Gasteiger partial charge in [-0.3, -0.25) is 4.79 Å². The molecule has 144 valence electrons. The van der Waals surface area contributed by atoms with Crippen LogP contribution in [0.4, 0.5) is 11.4 Å². The van der Waals surface area contributed by atoms with E-state index in [0.717, 1.165) is 48.4 Å². The highest BCUT2D eigenvalue weighted by molar-refractivity contribution is 5.93. The first-order valence-corrected chi connectivity index (χ1v) is 9.76. The minimum absolute atomic E-state index is 0.0169. The zero-order chi connectivity index (χ0) is 19.3. The summed E-state index contributed by atoms with van der Waals surface area (Å²) in [6.07, 6.45) is 0. The van der Waals surface area contributed by atoms with Crippen LogP contribution in [0.15, 0.2) is 66.7 Å². The molecule has 3 aromatic carbocycles. The number of amides is 1. The highest BCUT2D eigenvalue weighted by Crippen LogP contribution is 2.25. The Balaban J connectivity index is 1.33. The molecule has 1 fully saturated rings. The van der Waals surface area contributed by atoms with Crippen molar-refractivity contribution in [2.45, 2.75) is 0 Å². The second-order valence-electron chi connectivity index (χ2n) is 7.31. The van der Waals surface area contributed by atoms with E-state index in [4.69, 9.17) is 4.74 Å². The van der Waals surface area contributed by atoms with E-state index in [0.29, 0.717) is 0 Å². The molecule has 0 spiro atoms. The summed E-state index contributed by atoms with van der Waals surface area (Å²) in [5.74, 6) is 0.560. The molecule has 3 aromatic rings. The van der Waals surface area contributed by atoms with Crippen LogP contribution in [0.1, 0.15) is 0 Å². The smallest absolute Gasteiger partial charge is 0.262 e. The average molecular weight is 376 g/mol. The van der Waals surface area contributed by atoms with Gasteiger partial charge in [-0.2, -0.15) is 0 Å². The normalized spacial score (nSPS) is 14.8. The van der Waals surface area contributed by atoms with Crippen LogP contribution in [0.25, 0.3) is 10.8 Å². The predicted octanol–water partition coefficient (Wildman–Crippen LogP) is 2.19. The molecule has 0 atom stereocenters. The minimum Gasteiger partial charge on any atom is -0.483 e. The number of nitrogens with one attached hydrogen (secondary N) is 2. The maximum atomic E-state index is 12.3. The fourth-order valence-electron chi connectivity index (χ4n) is 3.56. The number of rotatable bonds is 5. The molecule has 0 saturated carbocycles. The molecule has 2 N–H and O–H groups in total. The van der Waals surface area contributed by atoms with Gasteiger partial charge in [-0.15, -0.1) is 0 Å². The van der Waals surface area contributed by atoms with Crippen molar-refractivity contribution in [1.29, 1.82) is 0 Å². The Morgan fingerprint density at radius 3 is 2.50 bits per heavy atom. The van der Waals surface area contributed by atoms with Gasteiger partial charge in [0, 0.05) is 16.8 Å². The highest BCUT2D eigenvalue weighted by Gasteiger charge is 2.16. The summed E-state index contributed by atoms with van der Waals surface area (Å²) in [6.45, 7) is 4.43. The number of anilines is 2. The second-order valence-corrected chi connectivity index (χ2v) is 7.31. The summed E-state index contributed by atoms with van der Waals surface area (Å²) in [7, 11) is 2.23. The first-order chi connectivity index (χ1) is 13.7. The lowest BCUT2D eigenvalue weighted by Crippen LogP contribution is -3.12. The van der Waals surface area contributed by atoms with Gasteiger partial charge in [-0.25, -0.2) is 0 Å². The first-order valence-electron chi connectivity index (χ1n) is 9.76. The maximum Gasteiger partial charge on any atom is 0.262 e. The molecule has 0 aliphatic carbocycles.